The number of ether oxygens (including phenoxy) is 1. The van der Waals surface area contributed by atoms with Crippen LogP contribution in [0.1, 0.15) is 22.5 Å². The van der Waals surface area contributed by atoms with Crippen LogP contribution in [0.3, 0.4) is 0 Å². The number of pyridine rings is 2. The second-order valence-corrected chi connectivity index (χ2v) is 12.9. The highest BCUT2D eigenvalue weighted by Crippen LogP contribution is 2.31. The number of tetrazole rings is 2. The third-order valence-electron chi connectivity index (χ3n) is 7.67. The minimum absolute atomic E-state index is 0.331. The Morgan fingerprint density at radius 2 is 1.36 bits per heavy atom. The summed E-state index contributed by atoms with van der Waals surface area (Å²) in [5, 5.41) is 34.6. The molecule has 0 saturated carbocycles. The highest BCUT2D eigenvalue weighted by atomic mass is 32.2. The van der Waals surface area contributed by atoms with E-state index in [0.29, 0.717) is 46.5 Å². The zero-order valence-electron chi connectivity index (χ0n) is 26.6. The molecule has 0 unspecified atom stereocenters. The molecule has 0 N–H and O–H groups in total. The van der Waals surface area contributed by atoms with Crippen molar-refractivity contribution in [2.45, 2.75) is 28.4 Å². The molecule has 6 heterocycles. The van der Waals surface area contributed by atoms with Crippen LogP contribution in [0.4, 0.5) is 0 Å². The second-order valence-electron chi connectivity index (χ2n) is 11.0. The Labute approximate surface area is 292 Å². The summed E-state index contributed by atoms with van der Waals surface area (Å²) in [6.45, 7) is 0.331. The summed E-state index contributed by atoms with van der Waals surface area (Å²) in [5.74, 6) is 2.93. The van der Waals surface area contributed by atoms with Crippen LogP contribution >= 0.6 is 23.5 Å². The highest BCUT2D eigenvalue weighted by Gasteiger charge is 2.19. The van der Waals surface area contributed by atoms with Gasteiger partial charge >= 0.3 is 0 Å². The summed E-state index contributed by atoms with van der Waals surface area (Å²) < 4.78 is 13.2. The number of imidazole rings is 2. The lowest BCUT2D eigenvalue weighted by Gasteiger charge is -2.09. The lowest BCUT2D eigenvalue weighted by atomic mass is 10.2. The first-order valence-electron chi connectivity index (χ1n) is 15.2. The quantitative estimate of drug-likeness (QED) is 0.175. The third-order valence-corrected chi connectivity index (χ3v) is 9.61. The number of aryl methyl sites for hydroxylation is 2. The molecule has 8 rings (SSSR count). The number of thioether (sulfide) groups is 2. The van der Waals surface area contributed by atoms with E-state index >= 15 is 0 Å². The Kier molecular flexibility index (Phi) is 8.32. The minimum atomic E-state index is 0.331. The van der Waals surface area contributed by atoms with Gasteiger partial charge in [0, 0.05) is 31.8 Å². The monoisotopic (exact) mass is 699 g/mol. The molecule has 18 heteroatoms. The molecule has 6 aromatic heterocycles. The summed E-state index contributed by atoms with van der Waals surface area (Å²) in [5.41, 5.74) is 6.59. The molecule has 246 valence electrons. The molecule has 0 atom stereocenters. The number of aromatic nitrogens is 14. The fourth-order valence-electron chi connectivity index (χ4n) is 5.21. The Balaban J connectivity index is 0.960. The molecule has 0 spiro atoms. The van der Waals surface area contributed by atoms with Gasteiger partial charge in [-0.2, -0.15) is 5.26 Å². The number of nitriles is 1. The number of hydrogen-bond acceptors (Lipinski definition) is 14. The zero-order chi connectivity index (χ0) is 34.0. The maximum absolute atomic E-state index is 9.09. The van der Waals surface area contributed by atoms with Gasteiger partial charge in [0.15, 0.2) is 10.3 Å². The number of benzene rings is 2. The Morgan fingerprint density at radius 3 is 1.96 bits per heavy atom. The maximum atomic E-state index is 9.09. The van der Waals surface area contributed by atoms with Crippen molar-refractivity contribution in [3.63, 3.8) is 0 Å². The standard InChI is InChI=1S/C32H25N15OS2/c1-44-29(38-40-42-44)46-27-6-4-3-5-25(27)36-31(46)49-19-23-10-11-24(16-35-23)48-17-20-8-12-28-26(13-20)37-32(47(28)30-39-41-43-45(30)2)50-18-22-9-7-21(14-33)15-34-22/h3-13,15-16H,17-19H2,1-2H3. The largest absolute Gasteiger partial charge is 0.487 e. The van der Waals surface area contributed by atoms with Gasteiger partial charge in [-0.15, -0.1) is 0 Å². The van der Waals surface area contributed by atoms with Crippen molar-refractivity contribution in [2.75, 3.05) is 0 Å². The molecule has 0 radical (unpaired) electrons. The predicted molar refractivity (Wildman–Crippen MR) is 183 cm³/mol. The van der Waals surface area contributed by atoms with E-state index in [2.05, 4.69) is 47.1 Å². The molecule has 0 aliphatic rings. The molecule has 0 aliphatic heterocycles. The topological polar surface area (TPSA) is 182 Å². The Hall–Kier alpha value is -6.19. The van der Waals surface area contributed by atoms with E-state index in [9.17, 15) is 0 Å². The highest BCUT2D eigenvalue weighted by molar-refractivity contribution is 7.98. The third kappa shape index (κ3) is 6.10. The molecular weight excluding hydrogens is 675 g/mol. The molecular formula is C32H25N15OS2. The van der Waals surface area contributed by atoms with E-state index in [4.69, 9.17) is 20.0 Å². The van der Waals surface area contributed by atoms with E-state index in [0.717, 1.165) is 44.2 Å². The fraction of sp³-hybridized carbons (Fsp3) is 0.156. The zero-order valence-corrected chi connectivity index (χ0v) is 28.2. The van der Waals surface area contributed by atoms with Crippen LogP contribution in [0, 0.1) is 11.3 Å². The molecule has 0 aliphatic carbocycles. The van der Waals surface area contributed by atoms with E-state index in [-0.39, 0.29) is 0 Å². The summed E-state index contributed by atoms with van der Waals surface area (Å²) in [6, 6.07) is 23.4. The van der Waals surface area contributed by atoms with E-state index < -0.39 is 0 Å². The van der Waals surface area contributed by atoms with Crippen molar-refractivity contribution in [3.05, 3.63) is 102 Å². The Bertz CT molecular complexity index is 2490. The van der Waals surface area contributed by atoms with Crippen LogP contribution < -0.4 is 4.74 Å². The van der Waals surface area contributed by atoms with Crippen molar-refractivity contribution in [1.82, 2.24) is 69.5 Å². The first-order valence-corrected chi connectivity index (χ1v) is 17.1. The Morgan fingerprint density at radius 1 is 0.720 bits per heavy atom. The van der Waals surface area contributed by atoms with Gasteiger partial charge < -0.3 is 4.74 Å². The van der Waals surface area contributed by atoms with Gasteiger partial charge in [-0.1, -0.05) is 51.9 Å². The maximum Gasteiger partial charge on any atom is 0.256 e. The number of fused-ring (bicyclic) bond motifs is 2. The van der Waals surface area contributed by atoms with Crippen LogP contribution in [0.2, 0.25) is 0 Å². The van der Waals surface area contributed by atoms with Gasteiger partial charge in [0.1, 0.15) is 18.4 Å². The van der Waals surface area contributed by atoms with Gasteiger partial charge in [0.05, 0.1) is 45.2 Å². The average Bonchev–Trinajstić information content (AvgIpc) is 3.94. The SMILES string of the molecule is Cn1nnnc1-n1c(SCc2ccc(OCc3ccc4c(c3)nc(SCc3ccc(C#N)cn3)n4-c3nnnn3C)cn2)nc2ccccc21. The van der Waals surface area contributed by atoms with Crippen molar-refractivity contribution in [2.24, 2.45) is 14.1 Å². The molecule has 0 saturated heterocycles. The van der Waals surface area contributed by atoms with Crippen LogP contribution in [0.5, 0.6) is 5.75 Å². The van der Waals surface area contributed by atoms with Crippen LogP contribution in [0.15, 0.2) is 89.4 Å². The normalized spacial score (nSPS) is 11.4. The van der Waals surface area contributed by atoms with Gasteiger partial charge in [-0.3, -0.25) is 19.1 Å². The first kappa shape index (κ1) is 31.1. The van der Waals surface area contributed by atoms with Crippen LogP contribution in [-0.4, -0.2) is 69.5 Å². The fourth-order valence-corrected chi connectivity index (χ4v) is 7.05. The number of nitrogens with zero attached hydrogens (tertiary/aromatic N) is 15. The van der Waals surface area contributed by atoms with Gasteiger partial charge in [-0.25, -0.2) is 19.3 Å². The van der Waals surface area contributed by atoms with E-state index in [1.54, 1.807) is 53.7 Å². The summed E-state index contributed by atoms with van der Waals surface area (Å²) in [4.78, 5) is 18.8. The smallest absolute Gasteiger partial charge is 0.256 e. The summed E-state index contributed by atoms with van der Waals surface area (Å²) in [6.07, 6.45) is 3.30. The molecule has 16 nitrogen and oxygen atoms in total. The van der Waals surface area contributed by atoms with Gasteiger partial charge in [-0.05, 0) is 74.9 Å². The molecule has 0 fully saturated rings. The molecule has 0 bridgehead atoms. The minimum Gasteiger partial charge on any atom is -0.487 e. The number of para-hydroxylation sites is 2. The van der Waals surface area contributed by atoms with Crippen molar-refractivity contribution in [1.29, 1.82) is 5.26 Å². The van der Waals surface area contributed by atoms with E-state index in [1.165, 1.54) is 11.8 Å². The van der Waals surface area contributed by atoms with Crippen molar-refractivity contribution in [3.8, 4) is 23.7 Å². The lowest BCUT2D eigenvalue weighted by molar-refractivity contribution is 0.305. The van der Waals surface area contributed by atoms with Gasteiger partial charge in [0.2, 0.25) is 0 Å². The van der Waals surface area contributed by atoms with Crippen LogP contribution in [-0.2, 0) is 32.2 Å². The molecule has 0 amide bonds. The average molecular weight is 700 g/mol. The lowest BCUT2D eigenvalue weighted by Crippen LogP contribution is -2.06. The number of rotatable bonds is 11. The van der Waals surface area contributed by atoms with Crippen molar-refractivity contribution >= 4 is 45.6 Å². The van der Waals surface area contributed by atoms with E-state index in [1.807, 2.05) is 69.8 Å². The summed E-state index contributed by atoms with van der Waals surface area (Å²) >= 11 is 3.07. The van der Waals surface area contributed by atoms with Gasteiger partial charge in [0.25, 0.3) is 11.9 Å². The predicted octanol–water partition coefficient (Wildman–Crippen LogP) is 4.24. The molecule has 8 aromatic rings. The molecule has 2 aromatic carbocycles. The van der Waals surface area contributed by atoms with Crippen LogP contribution in [0.25, 0.3) is 34.0 Å². The number of hydrogen-bond donors (Lipinski definition) is 0. The molecule has 50 heavy (non-hydrogen) atoms. The summed E-state index contributed by atoms with van der Waals surface area (Å²) in [7, 11) is 3.59. The first-order chi connectivity index (χ1) is 24.5. The van der Waals surface area contributed by atoms with Crippen molar-refractivity contribution < 1.29 is 4.74 Å². The second kappa shape index (κ2) is 13.4.